The van der Waals surface area contributed by atoms with E-state index in [4.69, 9.17) is 9.47 Å². The van der Waals surface area contributed by atoms with Crippen molar-refractivity contribution in [2.24, 2.45) is 0 Å². The summed E-state index contributed by atoms with van der Waals surface area (Å²) in [7, 11) is -5.96. The van der Waals surface area contributed by atoms with E-state index in [-0.39, 0.29) is 0 Å². The van der Waals surface area contributed by atoms with Crippen molar-refractivity contribution >= 4 is 28.9 Å². The van der Waals surface area contributed by atoms with Gasteiger partial charge in [-0.3, -0.25) is 0 Å². The Hall–Kier alpha value is -1.34. The van der Waals surface area contributed by atoms with E-state index in [9.17, 15) is 19.2 Å². The number of rotatable bonds is 12. The fourth-order valence-electron chi connectivity index (χ4n) is 2.54. The van der Waals surface area contributed by atoms with Gasteiger partial charge in [0.1, 0.15) is 11.5 Å². The van der Waals surface area contributed by atoms with E-state index < -0.39 is 17.1 Å². The third-order valence-corrected chi connectivity index (χ3v) is 7.63. The van der Waals surface area contributed by atoms with Gasteiger partial charge >= 0.3 is 17.1 Å². The average molecular weight is 455 g/mol. The molecule has 0 fully saturated rings. The Bertz CT molecular complexity index is 663. The zero-order chi connectivity index (χ0) is 21.3. The molecule has 29 heavy (non-hydrogen) atoms. The van der Waals surface area contributed by atoms with Crippen molar-refractivity contribution in [3.05, 3.63) is 48.5 Å². The van der Waals surface area contributed by atoms with E-state index in [1.165, 1.54) is 13.1 Å². The molecule has 0 spiro atoms. The van der Waals surface area contributed by atoms with Crippen molar-refractivity contribution in [3.63, 3.8) is 0 Å². The highest BCUT2D eigenvalue weighted by Crippen LogP contribution is 2.30. The Balaban J connectivity index is 1.74. The van der Waals surface area contributed by atoms with Crippen LogP contribution in [0.2, 0.25) is 25.2 Å². The molecule has 160 valence electrons. The molecule has 0 aliphatic carbocycles. The van der Waals surface area contributed by atoms with Gasteiger partial charge in [0.2, 0.25) is 0 Å². The molecule has 0 aromatic heterocycles. The van der Waals surface area contributed by atoms with Gasteiger partial charge in [0.05, 0.1) is 13.2 Å². The number of hydrogen-bond donors (Lipinski definition) is 4. The molecule has 2 aromatic rings. The Morgan fingerprint density at radius 1 is 0.655 bits per heavy atom. The lowest BCUT2D eigenvalue weighted by atomic mass is 10.3. The van der Waals surface area contributed by atoms with Gasteiger partial charge in [-0.1, -0.05) is 11.8 Å². The number of benzene rings is 2. The predicted octanol–water partition coefficient (Wildman–Crippen LogP) is 3.49. The van der Waals surface area contributed by atoms with E-state index >= 15 is 0 Å². The molecule has 0 atom stereocenters. The summed E-state index contributed by atoms with van der Waals surface area (Å²) in [6.07, 6.45) is 1.25. The predicted molar refractivity (Wildman–Crippen MR) is 119 cm³/mol. The molecule has 6 nitrogen and oxygen atoms in total. The largest absolute Gasteiger partial charge is 0.494 e. The first-order valence-corrected chi connectivity index (χ1v) is 15.7. The highest BCUT2D eigenvalue weighted by Gasteiger charge is 2.20. The SMILES string of the molecule is C[Si](O)(O)CCCOc1ccc(Sc2ccc(OCCC[Si](C)(O)O)cc2)cc1. The van der Waals surface area contributed by atoms with Crippen LogP contribution in [-0.4, -0.2) is 49.5 Å². The van der Waals surface area contributed by atoms with Gasteiger partial charge < -0.3 is 28.7 Å². The zero-order valence-corrected chi connectivity index (χ0v) is 19.7. The standard InChI is InChI=1S/C20H30O6SSi2/c1-28(21,22)15-3-13-25-17-5-9-19(10-6-17)27-20-11-7-18(8-12-20)26-14-4-16-29(2,23)24/h5-12,21-24H,3-4,13-16H2,1-2H3. The molecule has 0 amide bonds. The van der Waals surface area contributed by atoms with Gasteiger partial charge in [-0.05, 0) is 86.6 Å². The molecule has 0 heterocycles. The second-order valence-electron chi connectivity index (χ2n) is 7.38. The van der Waals surface area contributed by atoms with Gasteiger partial charge in [0.25, 0.3) is 0 Å². The molecule has 2 rings (SSSR count). The van der Waals surface area contributed by atoms with Crippen LogP contribution in [-0.2, 0) is 0 Å². The molecular weight excluding hydrogens is 424 g/mol. The smallest absolute Gasteiger partial charge is 0.329 e. The third kappa shape index (κ3) is 10.9. The lowest BCUT2D eigenvalue weighted by molar-refractivity contribution is 0.303. The normalized spacial score (nSPS) is 12.1. The summed E-state index contributed by atoms with van der Waals surface area (Å²) in [6.45, 7) is 3.94. The summed E-state index contributed by atoms with van der Waals surface area (Å²) in [4.78, 5) is 39.8. The lowest BCUT2D eigenvalue weighted by Crippen LogP contribution is -2.29. The van der Waals surface area contributed by atoms with Crippen molar-refractivity contribution in [2.75, 3.05) is 13.2 Å². The maximum atomic E-state index is 9.40. The van der Waals surface area contributed by atoms with Gasteiger partial charge in [0.15, 0.2) is 0 Å². The summed E-state index contributed by atoms with van der Waals surface area (Å²) in [5.41, 5.74) is 0. The molecule has 0 unspecified atom stereocenters. The number of hydrogen-bond acceptors (Lipinski definition) is 7. The Kier molecular flexibility index (Phi) is 9.21. The van der Waals surface area contributed by atoms with Crippen LogP contribution in [0, 0.1) is 0 Å². The summed E-state index contributed by atoms with van der Waals surface area (Å²) in [5.74, 6) is 1.53. The van der Waals surface area contributed by atoms with E-state index in [0.29, 0.717) is 38.1 Å². The van der Waals surface area contributed by atoms with Crippen LogP contribution in [0.15, 0.2) is 58.3 Å². The van der Waals surface area contributed by atoms with Crippen LogP contribution in [0.3, 0.4) is 0 Å². The first-order chi connectivity index (χ1) is 13.6. The van der Waals surface area contributed by atoms with E-state index in [0.717, 1.165) is 21.3 Å². The minimum atomic E-state index is -2.98. The molecule has 0 radical (unpaired) electrons. The van der Waals surface area contributed by atoms with E-state index in [1.54, 1.807) is 11.8 Å². The van der Waals surface area contributed by atoms with E-state index in [2.05, 4.69) is 0 Å². The van der Waals surface area contributed by atoms with Crippen molar-refractivity contribution in [3.8, 4) is 11.5 Å². The highest BCUT2D eigenvalue weighted by atomic mass is 32.2. The molecule has 0 saturated heterocycles. The van der Waals surface area contributed by atoms with Crippen LogP contribution in [0.5, 0.6) is 11.5 Å². The summed E-state index contributed by atoms with van der Waals surface area (Å²) in [6, 6.07) is 16.4. The summed E-state index contributed by atoms with van der Waals surface area (Å²) < 4.78 is 11.3. The third-order valence-electron chi connectivity index (χ3n) is 4.01. The van der Waals surface area contributed by atoms with Gasteiger partial charge in [-0.2, -0.15) is 0 Å². The summed E-state index contributed by atoms with van der Waals surface area (Å²) >= 11 is 1.64. The quantitative estimate of drug-likeness (QED) is 0.288. The van der Waals surface area contributed by atoms with Gasteiger partial charge in [-0.25, -0.2) is 0 Å². The van der Waals surface area contributed by atoms with Crippen LogP contribution in [0.1, 0.15) is 12.8 Å². The molecule has 0 bridgehead atoms. The van der Waals surface area contributed by atoms with Crippen molar-refractivity contribution in [2.45, 2.75) is 47.8 Å². The van der Waals surface area contributed by atoms with Crippen molar-refractivity contribution < 1.29 is 28.7 Å². The lowest BCUT2D eigenvalue weighted by Gasteiger charge is -2.12. The second-order valence-corrected chi connectivity index (χ2v) is 14.4. The van der Waals surface area contributed by atoms with Crippen molar-refractivity contribution in [1.29, 1.82) is 0 Å². The van der Waals surface area contributed by atoms with Crippen LogP contribution in [0.25, 0.3) is 0 Å². The average Bonchev–Trinajstić information content (AvgIpc) is 2.63. The first-order valence-electron chi connectivity index (χ1n) is 9.64. The Morgan fingerprint density at radius 3 is 1.31 bits per heavy atom. The van der Waals surface area contributed by atoms with Gasteiger partial charge in [-0.15, -0.1) is 0 Å². The maximum absolute atomic E-state index is 9.40. The Morgan fingerprint density at radius 2 is 1.00 bits per heavy atom. The van der Waals surface area contributed by atoms with Crippen molar-refractivity contribution in [1.82, 2.24) is 0 Å². The molecule has 0 aliphatic heterocycles. The minimum absolute atomic E-state index is 0.407. The zero-order valence-electron chi connectivity index (χ0n) is 16.9. The molecule has 2 aromatic carbocycles. The fourth-order valence-corrected chi connectivity index (χ4v) is 4.98. The van der Waals surface area contributed by atoms with Crippen LogP contribution < -0.4 is 9.47 Å². The molecule has 0 saturated carbocycles. The summed E-state index contributed by atoms with van der Waals surface area (Å²) in [5, 5.41) is 0. The van der Waals surface area contributed by atoms with Gasteiger partial charge in [0, 0.05) is 9.79 Å². The second kappa shape index (κ2) is 11.2. The fraction of sp³-hybridized carbons (Fsp3) is 0.400. The first kappa shape index (κ1) is 23.9. The monoisotopic (exact) mass is 454 g/mol. The molecular formula is C20H30O6SSi2. The minimum Gasteiger partial charge on any atom is -0.494 e. The van der Waals surface area contributed by atoms with Crippen LogP contribution in [0.4, 0.5) is 0 Å². The molecule has 0 aliphatic rings. The van der Waals surface area contributed by atoms with E-state index in [1.807, 2.05) is 48.5 Å². The topological polar surface area (TPSA) is 99.4 Å². The maximum Gasteiger partial charge on any atom is 0.329 e. The molecule has 4 N–H and O–H groups in total. The Labute approximate surface area is 178 Å². The molecule has 9 heteroatoms. The van der Waals surface area contributed by atoms with Crippen LogP contribution >= 0.6 is 11.8 Å². The number of ether oxygens (including phenoxy) is 2. The highest BCUT2D eigenvalue weighted by molar-refractivity contribution is 7.99.